The van der Waals surface area contributed by atoms with E-state index >= 15 is 0 Å². The van der Waals surface area contributed by atoms with Crippen LogP contribution >= 0.6 is 0 Å². The van der Waals surface area contributed by atoms with Crippen molar-refractivity contribution in [1.82, 2.24) is 5.32 Å². The first-order valence-corrected chi connectivity index (χ1v) is 7.04. The minimum atomic E-state index is -0.846. The Morgan fingerprint density at radius 2 is 1.84 bits per heavy atom. The van der Waals surface area contributed by atoms with Crippen LogP contribution in [0.1, 0.15) is 65.2 Å². The van der Waals surface area contributed by atoms with Gasteiger partial charge in [0.25, 0.3) is 0 Å². The van der Waals surface area contributed by atoms with Crippen molar-refractivity contribution in [2.75, 3.05) is 0 Å². The van der Waals surface area contributed by atoms with Crippen LogP contribution in [0.3, 0.4) is 0 Å². The van der Waals surface area contributed by atoms with Crippen molar-refractivity contribution in [3.63, 3.8) is 0 Å². The van der Waals surface area contributed by atoms with Gasteiger partial charge in [0.15, 0.2) is 0 Å². The Bertz CT molecular complexity index is 328. The summed E-state index contributed by atoms with van der Waals surface area (Å²) >= 11 is 0. The van der Waals surface area contributed by atoms with Gasteiger partial charge < -0.3 is 16.2 Å². The van der Waals surface area contributed by atoms with E-state index in [9.17, 15) is 9.59 Å². The van der Waals surface area contributed by atoms with Gasteiger partial charge in [-0.2, -0.15) is 0 Å². The average molecular weight is 270 g/mol. The summed E-state index contributed by atoms with van der Waals surface area (Å²) in [6.45, 7) is 3.77. The maximum atomic E-state index is 12.0. The van der Waals surface area contributed by atoms with E-state index in [-0.39, 0.29) is 17.9 Å². The van der Waals surface area contributed by atoms with Crippen LogP contribution in [0.4, 0.5) is 0 Å². The normalized spacial score (nSPS) is 18.9. The first-order chi connectivity index (χ1) is 8.72. The summed E-state index contributed by atoms with van der Waals surface area (Å²) in [6.07, 6.45) is 5.57. The quantitative estimate of drug-likeness (QED) is 0.686. The van der Waals surface area contributed by atoms with Crippen LogP contribution in [0.2, 0.25) is 0 Å². The lowest BCUT2D eigenvalue weighted by Crippen LogP contribution is -2.51. The molecule has 5 nitrogen and oxygen atoms in total. The second-order valence-corrected chi connectivity index (χ2v) is 6.45. The highest BCUT2D eigenvalue weighted by Crippen LogP contribution is 2.31. The molecule has 1 amide bonds. The van der Waals surface area contributed by atoms with Gasteiger partial charge in [-0.25, -0.2) is 0 Å². The van der Waals surface area contributed by atoms with Crippen LogP contribution in [-0.2, 0) is 9.59 Å². The molecule has 0 saturated heterocycles. The molecule has 0 aromatic carbocycles. The van der Waals surface area contributed by atoms with Crippen molar-refractivity contribution in [3.05, 3.63) is 0 Å². The number of nitrogens with one attached hydrogen (secondary N) is 1. The molecule has 0 aromatic heterocycles. The van der Waals surface area contributed by atoms with Gasteiger partial charge in [-0.15, -0.1) is 0 Å². The summed E-state index contributed by atoms with van der Waals surface area (Å²) in [4.78, 5) is 23.0. The van der Waals surface area contributed by atoms with Crippen molar-refractivity contribution < 1.29 is 14.7 Å². The Morgan fingerprint density at radius 3 is 2.32 bits per heavy atom. The van der Waals surface area contributed by atoms with Crippen molar-refractivity contribution in [1.29, 1.82) is 0 Å². The average Bonchev–Trinajstić information content (AvgIpc) is 2.25. The molecular formula is C14H26N2O3. The molecule has 0 heterocycles. The van der Waals surface area contributed by atoms with Gasteiger partial charge in [0.2, 0.25) is 5.91 Å². The maximum absolute atomic E-state index is 12.0. The Balaban J connectivity index is 2.57. The van der Waals surface area contributed by atoms with Gasteiger partial charge in [0.05, 0.1) is 12.0 Å². The first kappa shape index (κ1) is 16.0. The third-order valence-corrected chi connectivity index (χ3v) is 3.70. The molecular weight excluding hydrogens is 244 g/mol. The second-order valence-electron chi connectivity index (χ2n) is 6.45. The SMILES string of the molecule is CC(C)(N)CCC(=O)NC1(CC(=O)O)CCCCC1. The number of carboxylic acid groups (broad SMARTS) is 1. The maximum Gasteiger partial charge on any atom is 0.305 e. The Hall–Kier alpha value is -1.10. The molecule has 110 valence electrons. The molecule has 0 aliphatic heterocycles. The van der Waals surface area contributed by atoms with E-state index in [1.807, 2.05) is 13.8 Å². The van der Waals surface area contributed by atoms with Crippen molar-refractivity contribution in [2.24, 2.45) is 5.73 Å². The van der Waals surface area contributed by atoms with Crippen LogP contribution in [0.5, 0.6) is 0 Å². The van der Waals surface area contributed by atoms with Gasteiger partial charge in [0, 0.05) is 12.0 Å². The van der Waals surface area contributed by atoms with E-state index < -0.39 is 11.5 Å². The smallest absolute Gasteiger partial charge is 0.305 e. The van der Waals surface area contributed by atoms with Gasteiger partial charge >= 0.3 is 5.97 Å². The molecule has 0 unspecified atom stereocenters. The summed E-state index contributed by atoms with van der Waals surface area (Å²) in [7, 11) is 0. The Morgan fingerprint density at radius 1 is 1.26 bits per heavy atom. The van der Waals surface area contributed by atoms with Gasteiger partial charge in [0.1, 0.15) is 0 Å². The lowest BCUT2D eigenvalue weighted by molar-refractivity contribution is -0.139. The minimum Gasteiger partial charge on any atom is -0.481 e. The predicted octanol–water partition coefficient (Wildman–Crippen LogP) is 1.80. The molecule has 1 rings (SSSR count). The first-order valence-electron chi connectivity index (χ1n) is 7.04. The summed E-state index contributed by atoms with van der Waals surface area (Å²) in [5.74, 6) is -0.928. The highest BCUT2D eigenvalue weighted by atomic mass is 16.4. The molecule has 0 radical (unpaired) electrons. The zero-order chi connectivity index (χ0) is 14.5. The lowest BCUT2D eigenvalue weighted by atomic mass is 9.79. The van der Waals surface area contributed by atoms with Crippen molar-refractivity contribution in [3.8, 4) is 0 Å². The van der Waals surface area contributed by atoms with Gasteiger partial charge in [-0.3, -0.25) is 9.59 Å². The fraction of sp³-hybridized carbons (Fsp3) is 0.857. The molecule has 1 fully saturated rings. The molecule has 0 atom stereocenters. The topological polar surface area (TPSA) is 92.4 Å². The Labute approximate surface area is 114 Å². The standard InChI is InChI=1S/C14H26N2O3/c1-13(2,15)9-6-11(17)16-14(10-12(18)19)7-4-3-5-8-14/h3-10,15H2,1-2H3,(H,16,17)(H,18,19). The molecule has 5 heteroatoms. The molecule has 19 heavy (non-hydrogen) atoms. The largest absolute Gasteiger partial charge is 0.481 e. The van der Waals surface area contributed by atoms with Crippen LogP contribution in [0.15, 0.2) is 0 Å². The molecule has 1 saturated carbocycles. The van der Waals surface area contributed by atoms with E-state index in [0.717, 1.165) is 32.1 Å². The number of hydrogen-bond acceptors (Lipinski definition) is 3. The number of amides is 1. The monoisotopic (exact) mass is 270 g/mol. The van der Waals surface area contributed by atoms with Crippen molar-refractivity contribution >= 4 is 11.9 Å². The second kappa shape index (κ2) is 6.37. The lowest BCUT2D eigenvalue weighted by Gasteiger charge is -2.37. The van der Waals surface area contributed by atoms with E-state index in [0.29, 0.717) is 12.8 Å². The molecule has 0 spiro atoms. The molecule has 0 aromatic rings. The molecule has 1 aliphatic rings. The van der Waals surface area contributed by atoms with Crippen LogP contribution in [0, 0.1) is 0 Å². The van der Waals surface area contributed by atoms with E-state index in [1.54, 1.807) is 0 Å². The number of carbonyl (C=O) groups is 2. The van der Waals surface area contributed by atoms with E-state index in [1.165, 1.54) is 0 Å². The van der Waals surface area contributed by atoms with Crippen LogP contribution in [0.25, 0.3) is 0 Å². The molecule has 1 aliphatic carbocycles. The van der Waals surface area contributed by atoms with Gasteiger partial charge in [-0.1, -0.05) is 19.3 Å². The molecule has 0 bridgehead atoms. The van der Waals surface area contributed by atoms with Crippen LogP contribution < -0.4 is 11.1 Å². The summed E-state index contributed by atoms with van der Waals surface area (Å²) in [6, 6.07) is 0. The summed E-state index contributed by atoms with van der Waals surface area (Å²) in [5, 5.41) is 12.0. The Kier molecular flexibility index (Phi) is 5.35. The highest BCUT2D eigenvalue weighted by molar-refractivity contribution is 5.78. The molecule has 4 N–H and O–H groups in total. The number of nitrogens with two attached hydrogens (primary N) is 1. The van der Waals surface area contributed by atoms with Gasteiger partial charge in [-0.05, 0) is 33.1 Å². The zero-order valence-electron chi connectivity index (χ0n) is 12.0. The number of carboxylic acids is 1. The fourth-order valence-corrected chi connectivity index (χ4v) is 2.66. The third kappa shape index (κ3) is 6.05. The zero-order valence-corrected chi connectivity index (χ0v) is 12.0. The highest BCUT2D eigenvalue weighted by Gasteiger charge is 2.35. The number of hydrogen-bond donors (Lipinski definition) is 3. The summed E-state index contributed by atoms with van der Waals surface area (Å²) in [5.41, 5.74) is 4.94. The number of carbonyl (C=O) groups excluding carboxylic acids is 1. The van der Waals surface area contributed by atoms with Crippen molar-refractivity contribution in [2.45, 2.75) is 76.3 Å². The van der Waals surface area contributed by atoms with E-state index in [4.69, 9.17) is 10.8 Å². The number of rotatable bonds is 6. The third-order valence-electron chi connectivity index (χ3n) is 3.70. The van der Waals surface area contributed by atoms with Crippen LogP contribution in [-0.4, -0.2) is 28.1 Å². The minimum absolute atomic E-state index is 0.0186. The summed E-state index contributed by atoms with van der Waals surface area (Å²) < 4.78 is 0. The van der Waals surface area contributed by atoms with E-state index in [2.05, 4.69) is 5.32 Å². The number of aliphatic carboxylic acids is 1. The fourth-order valence-electron chi connectivity index (χ4n) is 2.66. The predicted molar refractivity (Wildman–Crippen MR) is 73.7 cm³/mol.